The molecule has 4 aromatic carbocycles. The van der Waals surface area contributed by atoms with E-state index in [0.29, 0.717) is 0 Å². The highest BCUT2D eigenvalue weighted by molar-refractivity contribution is 5.99. The summed E-state index contributed by atoms with van der Waals surface area (Å²) >= 11 is 0. The summed E-state index contributed by atoms with van der Waals surface area (Å²) in [6, 6.07) is 45.6. The zero-order valence-corrected chi connectivity index (χ0v) is 33.1. The Kier molecular flexibility index (Phi) is 9.61. The highest BCUT2D eigenvalue weighted by Gasteiger charge is 2.30. The Labute approximate surface area is 321 Å². The van der Waals surface area contributed by atoms with Crippen molar-refractivity contribution in [1.29, 1.82) is 0 Å². The van der Waals surface area contributed by atoms with Crippen molar-refractivity contribution in [2.24, 2.45) is 0 Å². The average Bonchev–Trinajstić information content (AvgIpc) is 3.15. The lowest BCUT2D eigenvalue weighted by atomic mass is 9.84. The molecule has 0 amide bonds. The van der Waals surface area contributed by atoms with E-state index in [1.54, 1.807) is 0 Å². The lowest BCUT2D eigenvalue weighted by molar-refractivity contribution is 0.589. The maximum atomic E-state index is 5.06. The second-order valence-corrected chi connectivity index (χ2v) is 17.2. The highest BCUT2D eigenvalue weighted by Crippen LogP contribution is 2.50. The van der Waals surface area contributed by atoms with Gasteiger partial charge in [0.25, 0.3) is 0 Å². The van der Waals surface area contributed by atoms with Gasteiger partial charge in [0.2, 0.25) is 0 Å². The minimum atomic E-state index is -0.190. The minimum Gasteiger partial charge on any atom is -0.310 e. The van der Waals surface area contributed by atoms with Crippen molar-refractivity contribution in [2.45, 2.75) is 78.6 Å². The Balaban J connectivity index is 1.60. The van der Waals surface area contributed by atoms with E-state index in [9.17, 15) is 0 Å². The summed E-state index contributed by atoms with van der Waals surface area (Å²) in [5.74, 6) is 0.825. The van der Waals surface area contributed by atoms with E-state index < -0.39 is 0 Å². The van der Waals surface area contributed by atoms with Crippen LogP contribution >= 0.6 is 0 Å². The molecule has 0 atom stereocenters. The number of fused-ring (bicyclic) bond motifs is 1. The summed E-state index contributed by atoms with van der Waals surface area (Å²) < 4.78 is 0. The van der Waals surface area contributed by atoms with Crippen LogP contribution in [0.1, 0.15) is 79.0 Å². The van der Waals surface area contributed by atoms with Gasteiger partial charge in [-0.2, -0.15) is 0 Å². The molecule has 0 bridgehead atoms. The number of aromatic nitrogens is 3. The number of pyridine rings is 3. The van der Waals surface area contributed by atoms with Crippen LogP contribution in [0, 0.1) is 0 Å². The Morgan fingerprint density at radius 2 is 0.926 bits per heavy atom. The SMILES string of the molecule is CC(C)(C)c1ccc(N(c2ccc3cccnc3c2)c2cc(C(C)(C)C)cc(N(c3ccc(C(C)(C)C)cc3)c3ccccn3)c2-c2ccccn2)cc1. The molecule has 0 saturated heterocycles. The maximum Gasteiger partial charge on any atom is 0.137 e. The highest BCUT2D eigenvalue weighted by atomic mass is 15.2. The largest absolute Gasteiger partial charge is 0.310 e. The van der Waals surface area contributed by atoms with Crippen molar-refractivity contribution in [3.8, 4) is 11.3 Å². The first-order valence-corrected chi connectivity index (χ1v) is 18.9. The van der Waals surface area contributed by atoms with Gasteiger partial charge in [-0.3, -0.25) is 14.9 Å². The van der Waals surface area contributed by atoms with Gasteiger partial charge in [-0.1, -0.05) is 111 Å². The molecular formula is C49H51N5. The van der Waals surface area contributed by atoms with Gasteiger partial charge in [0.1, 0.15) is 5.82 Å². The van der Waals surface area contributed by atoms with Crippen LogP contribution in [-0.2, 0) is 16.2 Å². The molecule has 5 heteroatoms. The molecule has 3 heterocycles. The number of benzene rings is 4. The van der Waals surface area contributed by atoms with Gasteiger partial charge in [-0.05, 0) is 112 Å². The van der Waals surface area contributed by atoms with E-state index in [1.807, 2.05) is 36.8 Å². The maximum absolute atomic E-state index is 5.06. The number of hydrogen-bond donors (Lipinski definition) is 0. The summed E-state index contributed by atoms with van der Waals surface area (Å²) in [5, 5.41) is 1.10. The van der Waals surface area contributed by atoms with Crippen molar-refractivity contribution in [2.75, 3.05) is 9.80 Å². The van der Waals surface area contributed by atoms with Crippen molar-refractivity contribution in [1.82, 2.24) is 15.0 Å². The van der Waals surface area contributed by atoms with Gasteiger partial charge in [0.15, 0.2) is 0 Å². The Bertz CT molecular complexity index is 2360. The molecule has 0 fully saturated rings. The van der Waals surface area contributed by atoms with Gasteiger partial charge in [0.05, 0.1) is 22.6 Å². The normalized spacial score (nSPS) is 12.2. The third kappa shape index (κ3) is 7.49. The van der Waals surface area contributed by atoms with E-state index in [-0.39, 0.29) is 16.2 Å². The van der Waals surface area contributed by atoms with Crippen LogP contribution < -0.4 is 9.80 Å². The lowest BCUT2D eigenvalue weighted by Crippen LogP contribution is -2.20. The summed E-state index contributed by atoms with van der Waals surface area (Å²) in [6.07, 6.45) is 5.61. The second-order valence-electron chi connectivity index (χ2n) is 17.2. The first kappa shape index (κ1) is 36.5. The predicted molar refractivity (Wildman–Crippen MR) is 228 cm³/mol. The van der Waals surface area contributed by atoms with E-state index in [0.717, 1.165) is 56.4 Å². The molecule has 0 radical (unpaired) electrons. The molecule has 7 rings (SSSR count). The van der Waals surface area contributed by atoms with Crippen molar-refractivity contribution < 1.29 is 0 Å². The first-order chi connectivity index (χ1) is 25.7. The van der Waals surface area contributed by atoms with Gasteiger partial charge in [0, 0.05) is 46.6 Å². The number of nitrogens with zero attached hydrogens (tertiary/aromatic N) is 5. The third-order valence-electron chi connectivity index (χ3n) is 10.1. The first-order valence-electron chi connectivity index (χ1n) is 18.9. The molecule has 0 saturated carbocycles. The molecule has 3 aromatic heterocycles. The van der Waals surface area contributed by atoms with E-state index >= 15 is 0 Å². The summed E-state index contributed by atoms with van der Waals surface area (Å²) in [4.78, 5) is 19.5. The third-order valence-corrected chi connectivity index (χ3v) is 10.1. The second kappa shape index (κ2) is 14.2. The van der Waals surface area contributed by atoms with Crippen LogP contribution in [0.25, 0.3) is 22.2 Å². The minimum absolute atomic E-state index is 0.0143. The van der Waals surface area contributed by atoms with Crippen LogP contribution in [0.4, 0.5) is 34.3 Å². The molecule has 0 unspecified atom stereocenters. The molecule has 0 spiro atoms. The number of hydrogen-bond acceptors (Lipinski definition) is 5. The quantitative estimate of drug-likeness (QED) is 0.165. The summed E-state index contributed by atoms with van der Waals surface area (Å²) in [5.41, 5.74) is 11.5. The molecule has 0 aliphatic heterocycles. The van der Waals surface area contributed by atoms with Gasteiger partial charge in [-0.25, -0.2) is 4.98 Å². The smallest absolute Gasteiger partial charge is 0.137 e. The number of anilines is 6. The molecule has 0 aliphatic carbocycles. The van der Waals surface area contributed by atoms with Crippen molar-refractivity contribution >= 4 is 45.2 Å². The summed E-state index contributed by atoms with van der Waals surface area (Å²) in [6.45, 7) is 20.4. The molecule has 0 N–H and O–H groups in total. The molecule has 5 nitrogen and oxygen atoms in total. The van der Waals surface area contributed by atoms with Crippen LogP contribution in [0.3, 0.4) is 0 Å². The van der Waals surface area contributed by atoms with Crippen molar-refractivity contribution in [3.63, 3.8) is 0 Å². The van der Waals surface area contributed by atoms with Crippen LogP contribution in [0.15, 0.2) is 146 Å². The molecular weight excluding hydrogens is 659 g/mol. The summed E-state index contributed by atoms with van der Waals surface area (Å²) in [7, 11) is 0. The van der Waals surface area contributed by atoms with Crippen LogP contribution in [0.2, 0.25) is 0 Å². The fraction of sp³-hybridized carbons (Fsp3) is 0.245. The van der Waals surface area contributed by atoms with Crippen LogP contribution in [-0.4, -0.2) is 15.0 Å². The van der Waals surface area contributed by atoms with E-state index in [1.165, 1.54) is 16.7 Å². The van der Waals surface area contributed by atoms with Gasteiger partial charge in [-0.15, -0.1) is 0 Å². The van der Waals surface area contributed by atoms with Crippen molar-refractivity contribution in [3.05, 3.63) is 163 Å². The van der Waals surface area contributed by atoms with E-state index in [2.05, 4.69) is 181 Å². The van der Waals surface area contributed by atoms with Gasteiger partial charge < -0.3 is 4.90 Å². The Morgan fingerprint density at radius 3 is 1.46 bits per heavy atom. The molecule has 54 heavy (non-hydrogen) atoms. The molecule has 7 aromatic rings. The predicted octanol–water partition coefficient (Wildman–Crippen LogP) is 13.5. The monoisotopic (exact) mass is 709 g/mol. The number of rotatable bonds is 7. The fourth-order valence-electron chi connectivity index (χ4n) is 6.89. The fourth-order valence-corrected chi connectivity index (χ4v) is 6.89. The molecule has 0 aliphatic rings. The Hall–Kier alpha value is -5.81. The average molecular weight is 710 g/mol. The Morgan fingerprint density at radius 1 is 0.407 bits per heavy atom. The zero-order valence-electron chi connectivity index (χ0n) is 33.1. The molecule has 272 valence electrons. The van der Waals surface area contributed by atoms with Crippen LogP contribution in [0.5, 0.6) is 0 Å². The lowest BCUT2D eigenvalue weighted by Gasteiger charge is -2.35. The standard InChI is InChI=1S/C49H51N5/c1-47(2,3)35-19-24-38(25-20-35)53(40-23-18-34-15-14-30-51-42(34)33-40)43-31-37(49(7,8)9)32-44(46(43)41-16-10-12-28-50-41)54(45-17-11-13-29-52-45)39-26-21-36(22-27-39)48(4,5)6/h10-33H,1-9H3. The topological polar surface area (TPSA) is 45.2 Å². The zero-order chi connectivity index (χ0) is 38.3. The van der Waals surface area contributed by atoms with E-state index in [4.69, 9.17) is 15.0 Å². The van der Waals surface area contributed by atoms with Gasteiger partial charge >= 0.3 is 0 Å².